The second kappa shape index (κ2) is 5.07. The molecule has 0 unspecified atom stereocenters. The summed E-state index contributed by atoms with van der Waals surface area (Å²) in [7, 11) is 1.68. The van der Waals surface area contributed by atoms with E-state index in [0.29, 0.717) is 13.2 Å². The SMILES string of the molecule is COCc1cccc2c1CCN2C(=O)[C@H](C)Cl. The molecule has 4 heteroatoms. The number of nitrogens with zero attached hydrogens (tertiary/aromatic N) is 1. The van der Waals surface area contributed by atoms with Crippen molar-refractivity contribution in [3.05, 3.63) is 29.3 Å². The molecule has 1 amide bonds. The van der Waals surface area contributed by atoms with E-state index in [9.17, 15) is 4.79 Å². The van der Waals surface area contributed by atoms with E-state index >= 15 is 0 Å². The molecule has 0 aliphatic carbocycles. The molecule has 0 fully saturated rings. The van der Waals surface area contributed by atoms with Gasteiger partial charge >= 0.3 is 0 Å². The maximum Gasteiger partial charge on any atom is 0.244 e. The molecule has 1 aliphatic heterocycles. The van der Waals surface area contributed by atoms with Crippen molar-refractivity contribution >= 4 is 23.2 Å². The minimum absolute atomic E-state index is 0.0278. The first-order valence-corrected chi connectivity index (χ1v) is 6.14. The third-order valence-electron chi connectivity index (χ3n) is 3.03. The van der Waals surface area contributed by atoms with Gasteiger partial charge in [-0.05, 0) is 30.5 Å². The van der Waals surface area contributed by atoms with Crippen molar-refractivity contribution in [2.75, 3.05) is 18.6 Å². The van der Waals surface area contributed by atoms with Gasteiger partial charge in [0, 0.05) is 19.3 Å². The highest BCUT2D eigenvalue weighted by molar-refractivity contribution is 6.32. The number of hydrogen-bond acceptors (Lipinski definition) is 2. The van der Waals surface area contributed by atoms with Crippen molar-refractivity contribution in [2.24, 2.45) is 0 Å². The lowest BCUT2D eigenvalue weighted by Gasteiger charge is -2.19. The Morgan fingerprint density at radius 3 is 3.00 bits per heavy atom. The number of anilines is 1. The molecule has 1 aromatic carbocycles. The zero-order valence-corrected chi connectivity index (χ0v) is 10.8. The number of rotatable bonds is 3. The number of alkyl halides is 1. The quantitative estimate of drug-likeness (QED) is 0.774. The molecule has 2 rings (SSSR count). The molecule has 1 atom stereocenters. The molecule has 3 nitrogen and oxygen atoms in total. The molecular formula is C13H16ClNO2. The van der Waals surface area contributed by atoms with Gasteiger partial charge in [-0.2, -0.15) is 0 Å². The first kappa shape index (κ1) is 12.4. The average Bonchev–Trinajstić information content (AvgIpc) is 2.73. The third kappa shape index (κ3) is 2.31. The summed E-state index contributed by atoms with van der Waals surface area (Å²) in [6, 6.07) is 5.97. The Morgan fingerprint density at radius 2 is 2.35 bits per heavy atom. The summed E-state index contributed by atoms with van der Waals surface area (Å²) in [5, 5.41) is -0.480. The summed E-state index contributed by atoms with van der Waals surface area (Å²) in [5.74, 6) is -0.0278. The van der Waals surface area contributed by atoms with Crippen molar-refractivity contribution in [3.63, 3.8) is 0 Å². The van der Waals surface area contributed by atoms with E-state index in [-0.39, 0.29) is 5.91 Å². The van der Waals surface area contributed by atoms with Gasteiger partial charge in [0.05, 0.1) is 6.61 Å². The molecule has 1 aromatic rings. The van der Waals surface area contributed by atoms with Crippen LogP contribution in [0.25, 0.3) is 0 Å². The van der Waals surface area contributed by atoms with Crippen LogP contribution < -0.4 is 4.90 Å². The zero-order chi connectivity index (χ0) is 12.4. The van der Waals surface area contributed by atoms with E-state index in [1.54, 1.807) is 18.9 Å². The molecule has 92 valence electrons. The number of ether oxygens (including phenoxy) is 1. The molecule has 0 aromatic heterocycles. The first-order valence-electron chi connectivity index (χ1n) is 5.70. The average molecular weight is 254 g/mol. The summed E-state index contributed by atoms with van der Waals surface area (Å²) in [4.78, 5) is 13.7. The van der Waals surface area contributed by atoms with Gasteiger partial charge in [0.25, 0.3) is 0 Å². The standard InChI is InChI=1S/C13H16ClNO2/c1-9(14)13(16)15-7-6-11-10(8-17-2)4-3-5-12(11)15/h3-5,9H,6-8H2,1-2H3/t9-/m0/s1. The Hall–Kier alpha value is -1.06. The number of fused-ring (bicyclic) bond motifs is 1. The normalized spacial score (nSPS) is 15.8. The summed E-state index contributed by atoms with van der Waals surface area (Å²) in [6.45, 7) is 3.01. The number of amides is 1. The molecule has 0 bridgehead atoms. The van der Waals surface area contributed by atoms with E-state index in [1.807, 2.05) is 18.2 Å². The van der Waals surface area contributed by atoms with Crippen LogP contribution >= 0.6 is 11.6 Å². The molecule has 0 saturated heterocycles. The van der Waals surface area contributed by atoms with Gasteiger partial charge in [0.2, 0.25) is 5.91 Å². The van der Waals surface area contributed by atoms with Gasteiger partial charge < -0.3 is 9.64 Å². The maximum absolute atomic E-state index is 11.9. The van der Waals surface area contributed by atoms with Crippen LogP contribution in [0.4, 0.5) is 5.69 Å². The van der Waals surface area contributed by atoms with E-state index in [1.165, 1.54) is 5.56 Å². The second-order valence-corrected chi connectivity index (χ2v) is 4.86. The fourth-order valence-electron chi connectivity index (χ4n) is 2.24. The van der Waals surface area contributed by atoms with Gasteiger partial charge in [-0.1, -0.05) is 12.1 Å². The van der Waals surface area contributed by atoms with E-state index in [4.69, 9.17) is 16.3 Å². The largest absolute Gasteiger partial charge is 0.380 e. The number of benzene rings is 1. The summed E-state index contributed by atoms with van der Waals surface area (Å²) in [6.07, 6.45) is 0.879. The molecule has 0 radical (unpaired) electrons. The zero-order valence-electron chi connectivity index (χ0n) is 10.1. The lowest BCUT2D eigenvalue weighted by Crippen LogP contribution is -2.34. The van der Waals surface area contributed by atoms with E-state index in [2.05, 4.69) is 0 Å². The summed E-state index contributed by atoms with van der Waals surface area (Å²) < 4.78 is 5.17. The first-order chi connectivity index (χ1) is 8.15. The van der Waals surface area contributed by atoms with Gasteiger partial charge in [-0.3, -0.25) is 4.79 Å². The van der Waals surface area contributed by atoms with Gasteiger partial charge in [0.15, 0.2) is 0 Å². The lowest BCUT2D eigenvalue weighted by molar-refractivity contribution is -0.117. The minimum Gasteiger partial charge on any atom is -0.380 e. The van der Waals surface area contributed by atoms with Crippen LogP contribution in [-0.4, -0.2) is 24.9 Å². The van der Waals surface area contributed by atoms with Crippen molar-refractivity contribution in [3.8, 4) is 0 Å². The Balaban J connectivity index is 2.32. The molecule has 0 N–H and O–H groups in total. The number of carbonyl (C=O) groups is 1. The summed E-state index contributed by atoms with van der Waals surface area (Å²) >= 11 is 5.86. The number of halogens is 1. The van der Waals surface area contributed by atoms with E-state index < -0.39 is 5.38 Å². The van der Waals surface area contributed by atoms with Crippen LogP contribution in [0.3, 0.4) is 0 Å². The molecule has 17 heavy (non-hydrogen) atoms. The Morgan fingerprint density at radius 1 is 1.59 bits per heavy atom. The van der Waals surface area contributed by atoms with Crippen molar-refractivity contribution in [1.82, 2.24) is 0 Å². The Bertz CT molecular complexity index is 431. The lowest BCUT2D eigenvalue weighted by atomic mass is 10.1. The van der Waals surface area contributed by atoms with Crippen LogP contribution in [0, 0.1) is 0 Å². The van der Waals surface area contributed by atoms with Crippen LogP contribution in [0.5, 0.6) is 0 Å². The van der Waals surface area contributed by atoms with Crippen molar-refractivity contribution in [2.45, 2.75) is 25.3 Å². The predicted molar refractivity (Wildman–Crippen MR) is 68.5 cm³/mol. The van der Waals surface area contributed by atoms with Crippen LogP contribution in [0.2, 0.25) is 0 Å². The fourth-order valence-corrected chi connectivity index (χ4v) is 2.36. The molecule has 1 aliphatic rings. The summed E-state index contributed by atoms with van der Waals surface area (Å²) in [5.41, 5.74) is 3.35. The van der Waals surface area contributed by atoms with Gasteiger partial charge in [-0.15, -0.1) is 11.6 Å². The highest BCUT2D eigenvalue weighted by Crippen LogP contribution is 2.31. The Kier molecular flexibility index (Phi) is 3.69. The number of hydrogen-bond donors (Lipinski definition) is 0. The third-order valence-corrected chi connectivity index (χ3v) is 3.22. The van der Waals surface area contributed by atoms with Crippen molar-refractivity contribution < 1.29 is 9.53 Å². The number of methoxy groups -OCH3 is 1. The molecule has 0 spiro atoms. The van der Waals surface area contributed by atoms with Crippen LogP contribution in [-0.2, 0) is 22.6 Å². The highest BCUT2D eigenvalue weighted by atomic mass is 35.5. The van der Waals surface area contributed by atoms with Gasteiger partial charge in [-0.25, -0.2) is 0 Å². The maximum atomic E-state index is 11.9. The van der Waals surface area contributed by atoms with Crippen molar-refractivity contribution in [1.29, 1.82) is 0 Å². The Labute approximate surface area is 106 Å². The minimum atomic E-state index is -0.480. The monoisotopic (exact) mass is 253 g/mol. The molecule has 0 saturated carbocycles. The molecule has 1 heterocycles. The number of carbonyl (C=O) groups excluding carboxylic acids is 1. The van der Waals surface area contributed by atoms with Crippen LogP contribution in [0.1, 0.15) is 18.1 Å². The highest BCUT2D eigenvalue weighted by Gasteiger charge is 2.28. The van der Waals surface area contributed by atoms with Crippen LogP contribution in [0.15, 0.2) is 18.2 Å². The smallest absolute Gasteiger partial charge is 0.244 e. The molecular weight excluding hydrogens is 238 g/mol. The topological polar surface area (TPSA) is 29.5 Å². The second-order valence-electron chi connectivity index (χ2n) is 4.20. The fraction of sp³-hybridized carbons (Fsp3) is 0.462. The van der Waals surface area contributed by atoms with E-state index in [0.717, 1.165) is 17.7 Å². The predicted octanol–water partition coefficient (Wildman–Crippen LogP) is 2.35. The van der Waals surface area contributed by atoms with Gasteiger partial charge in [0.1, 0.15) is 5.38 Å².